The van der Waals surface area contributed by atoms with Crippen LogP contribution in [0.5, 0.6) is 0 Å². The third-order valence-corrected chi connectivity index (χ3v) is 1.78. The van der Waals surface area contributed by atoms with Crippen LogP contribution in [0.1, 0.15) is 11.8 Å². The van der Waals surface area contributed by atoms with Gasteiger partial charge in [-0.05, 0) is 12.1 Å². The van der Waals surface area contributed by atoms with Crippen molar-refractivity contribution in [1.82, 2.24) is 4.98 Å². The normalized spacial score (nSPS) is 12.6. The maximum atomic E-state index is 8.56. The second-order valence-corrected chi connectivity index (χ2v) is 2.67. The van der Waals surface area contributed by atoms with Gasteiger partial charge in [-0.3, -0.25) is 4.98 Å². The van der Waals surface area contributed by atoms with E-state index < -0.39 is 6.04 Å². The first kappa shape index (κ1) is 7.77. The van der Waals surface area contributed by atoms with Gasteiger partial charge in [0.1, 0.15) is 11.3 Å². The van der Waals surface area contributed by atoms with Crippen molar-refractivity contribution >= 4 is 11.0 Å². The molecule has 0 saturated heterocycles. The first-order valence-corrected chi connectivity index (χ1v) is 3.80. The zero-order valence-electron chi connectivity index (χ0n) is 6.77. The molecular formula is C9H7N3O. The zero-order chi connectivity index (χ0) is 9.26. The van der Waals surface area contributed by atoms with Crippen LogP contribution in [0.4, 0.5) is 0 Å². The van der Waals surface area contributed by atoms with E-state index in [9.17, 15) is 0 Å². The van der Waals surface area contributed by atoms with Crippen molar-refractivity contribution in [3.8, 4) is 6.07 Å². The van der Waals surface area contributed by atoms with Crippen LogP contribution >= 0.6 is 0 Å². The Balaban J connectivity index is 2.57. The number of hydrogen-bond acceptors (Lipinski definition) is 4. The van der Waals surface area contributed by atoms with E-state index in [-0.39, 0.29) is 0 Å². The molecule has 2 aromatic heterocycles. The van der Waals surface area contributed by atoms with Gasteiger partial charge in [-0.1, -0.05) is 0 Å². The monoisotopic (exact) mass is 173 g/mol. The summed E-state index contributed by atoms with van der Waals surface area (Å²) in [4.78, 5) is 3.93. The quantitative estimate of drug-likeness (QED) is 0.706. The molecule has 1 atom stereocenters. The molecule has 0 amide bonds. The summed E-state index contributed by atoms with van der Waals surface area (Å²) in [6.07, 6.45) is 3.31. The van der Waals surface area contributed by atoms with E-state index in [1.54, 1.807) is 24.5 Å². The Hall–Kier alpha value is -1.86. The summed E-state index contributed by atoms with van der Waals surface area (Å²) in [5.41, 5.74) is 6.19. The number of hydrogen-bond donors (Lipinski definition) is 1. The van der Waals surface area contributed by atoms with E-state index in [4.69, 9.17) is 15.4 Å². The van der Waals surface area contributed by atoms with Gasteiger partial charge in [0.25, 0.3) is 0 Å². The predicted octanol–water partition coefficient (Wildman–Crippen LogP) is 1.35. The summed E-state index contributed by atoms with van der Waals surface area (Å²) < 4.78 is 5.33. The molecule has 0 spiro atoms. The Labute approximate surface area is 74.6 Å². The van der Waals surface area contributed by atoms with Crippen molar-refractivity contribution in [2.75, 3.05) is 0 Å². The molecule has 2 heterocycles. The van der Waals surface area contributed by atoms with Gasteiger partial charge in [-0.15, -0.1) is 0 Å². The smallest absolute Gasteiger partial charge is 0.151 e. The summed E-state index contributed by atoms with van der Waals surface area (Å²) in [5, 5.41) is 9.43. The van der Waals surface area contributed by atoms with E-state index in [1.165, 1.54) is 0 Å². The number of furan rings is 1. The SMILES string of the molecule is N#CC(N)c1cc2cnccc2o1. The number of nitrogens with two attached hydrogens (primary N) is 1. The minimum absolute atomic E-state index is 0.477. The lowest BCUT2D eigenvalue weighted by atomic mass is 10.2. The van der Waals surface area contributed by atoms with Crippen molar-refractivity contribution < 1.29 is 4.42 Å². The molecule has 2 aromatic rings. The maximum absolute atomic E-state index is 8.56. The van der Waals surface area contributed by atoms with Crippen molar-refractivity contribution in [3.05, 3.63) is 30.3 Å². The predicted molar refractivity (Wildman–Crippen MR) is 46.6 cm³/mol. The Bertz CT molecular complexity index is 436. The average molecular weight is 173 g/mol. The lowest BCUT2D eigenvalue weighted by molar-refractivity contribution is 0.533. The molecule has 0 aliphatic carbocycles. The van der Waals surface area contributed by atoms with Gasteiger partial charge in [0.15, 0.2) is 6.04 Å². The highest BCUT2D eigenvalue weighted by Gasteiger charge is 2.10. The molecule has 1 unspecified atom stereocenters. The number of fused-ring (bicyclic) bond motifs is 1. The van der Waals surface area contributed by atoms with Crippen LogP contribution in [0, 0.1) is 11.3 Å². The van der Waals surface area contributed by atoms with Gasteiger partial charge in [0.05, 0.1) is 6.07 Å². The fraction of sp³-hybridized carbons (Fsp3) is 0.111. The van der Waals surface area contributed by atoms with Crippen LogP contribution in [0.2, 0.25) is 0 Å². The standard InChI is InChI=1S/C9H7N3O/c10-4-7(11)9-3-6-5-12-2-1-8(6)13-9/h1-3,5,7H,11H2. The largest absolute Gasteiger partial charge is 0.458 e. The van der Waals surface area contributed by atoms with Crippen LogP contribution in [-0.4, -0.2) is 4.98 Å². The summed E-state index contributed by atoms with van der Waals surface area (Å²) in [7, 11) is 0. The van der Waals surface area contributed by atoms with Gasteiger partial charge in [-0.2, -0.15) is 5.26 Å². The molecule has 4 nitrogen and oxygen atoms in total. The molecule has 0 saturated carbocycles. The summed E-state index contributed by atoms with van der Waals surface area (Å²) >= 11 is 0. The van der Waals surface area contributed by atoms with Crippen molar-refractivity contribution in [1.29, 1.82) is 5.26 Å². The molecular weight excluding hydrogens is 166 g/mol. The van der Waals surface area contributed by atoms with Crippen molar-refractivity contribution in [2.45, 2.75) is 6.04 Å². The molecule has 64 valence electrons. The molecule has 4 heteroatoms. The number of nitrogens with zero attached hydrogens (tertiary/aromatic N) is 2. The molecule has 0 bridgehead atoms. The summed E-state index contributed by atoms with van der Waals surface area (Å²) in [6, 6.07) is 4.68. The van der Waals surface area contributed by atoms with Gasteiger partial charge < -0.3 is 10.2 Å². The van der Waals surface area contributed by atoms with E-state index in [1.807, 2.05) is 6.07 Å². The highest BCUT2D eigenvalue weighted by atomic mass is 16.3. The van der Waals surface area contributed by atoms with Crippen LogP contribution in [-0.2, 0) is 0 Å². The fourth-order valence-electron chi connectivity index (χ4n) is 1.12. The molecule has 0 fully saturated rings. The number of pyridine rings is 1. The Morgan fingerprint density at radius 1 is 1.62 bits per heavy atom. The topological polar surface area (TPSA) is 75.8 Å². The molecule has 0 aliphatic heterocycles. The second kappa shape index (κ2) is 2.88. The van der Waals surface area contributed by atoms with Gasteiger partial charge >= 0.3 is 0 Å². The minimum Gasteiger partial charge on any atom is -0.458 e. The van der Waals surface area contributed by atoms with Crippen LogP contribution in [0.25, 0.3) is 11.0 Å². The number of rotatable bonds is 1. The van der Waals surface area contributed by atoms with E-state index in [2.05, 4.69) is 4.98 Å². The highest BCUT2D eigenvalue weighted by Crippen LogP contribution is 2.21. The molecule has 2 rings (SSSR count). The molecule has 0 aliphatic rings. The van der Waals surface area contributed by atoms with Crippen LogP contribution < -0.4 is 5.73 Å². The average Bonchev–Trinajstić information content (AvgIpc) is 2.59. The third kappa shape index (κ3) is 1.25. The molecule has 2 N–H and O–H groups in total. The lowest BCUT2D eigenvalue weighted by Gasteiger charge is -1.93. The Morgan fingerprint density at radius 2 is 2.46 bits per heavy atom. The number of aromatic nitrogens is 1. The first-order chi connectivity index (χ1) is 6.31. The summed E-state index contributed by atoms with van der Waals surface area (Å²) in [5.74, 6) is 0.477. The van der Waals surface area contributed by atoms with Crippen LogP contribution in [0.15, 0.2) is 28.9 Å². The lowest BCUT2D eigenvalue weighted by Crippen LogP contribution is -2.05. The molecule has 13 heavy (non-hydrogen) atoms. The highest BCUT2D eigenvalue weighted by molar-refractivity contribution is 5.76. The van der Waals surface area contributed by atoms with Gasteiger partial charge in [-0.25, -0.2) is 0 Å². The zero-order valence-corrected chi connectivity index (χ0v) is 6.77. The first-order valence-electron chi connectivity index (χ1n) is 3.80. The van der Waals surface area contributed by atoms with Gasteiger partial charge in [0.2, 0.25) is 0 Å². The minimum atomic E-state index is -0.701. The van der Waals surface area contributed by atoms with E-state index >= 15 is 0 Å². The van der Waals surface area contributed by atoms with Crippen molar-refractivity contribution in [2.24, 2.45) is 5.73 Å². The van der Waals surface area contributed by atoms with Crippen LogP contribution in [0.3, 0.4) is 0 Å². The maximum Gasteiger partial charge on any atom is 0.151 e. The summed E-state index contributed by atoms with van der Waals surface area (Å²) in [6.45, 7) is 0. The van der Waals surface area contributed by atoms with Crippen molar-refractivity contribution in [3.63, 3.8) is 0 Å². The van der Waals surface area contributed by atoms with E-state index in [0.717, 1.165) is 5.39 Å². The van der Waals surface area contributed by atoms with E-state index in [0.29, 0.717) is 11.3 Å². The third-order valence-electron chi connectivity index (χ3n) is 1.78. The Morgan fingerprint density at radius 3 is 3.15 bits per heavy atom. The van der Waals surface area contributed by atoms with Gasteiger partial charge in [0, 0.05) is 17.8 Å². The number of nitriles is 1. The molecule has 0 radical (unpaired) electrons. The molecule has 0 aromatic carbocycles. The second-order valence-electron chi connectivity index (χ2n) is 2.67. The Kier molecular flexibility index (Phi) is 1.72. The fourth-order valence-corrected chi connectivity index (χ4v) is 1.12.